The van der Waals surface area contributed by atoms with Crippen molar-refractivity contribution in [2.75, 3.05) is 5.32 Å². The van der Waals surface area contributed by atoms with Gasteiger partial charge in [-0.1, -0.05) is 12.1 Å². The highest BCUT2D eigenvalue weighted by Gasteiger charge is 2.35. The number of halogens is 3. The zero-order chi connectivity index (χ0) is 20.1. The van der Waals surface area contributed by atoms with Crippen LogP contribution in [0.1, 0.15) is 32.0 Å². The second-order valence-electron chi connectivity index (χ2n) is 5.57. The van der Waals surface area contributed by atoms with Crippen molar-refractivity contribution in [2.45, 2.75) is 12.7 Å². The van der Waals surface area contributed by atoms with Crippen LogP contribution in [0.5, 0.6) is 0 Å². The molecule has 0 aliphatic rings. The SMILES string of the molecule is O=C(NCc1ccncc1)c1csc(NC(=O)c2ccccc2C(F)(F)F)n1. The van der Waals surface area contributed by atoms with Crippen LogP contribution in [0.3, 0.4) is 0 Å². The van der Waals surface area contributed by atoms with Gasteiger partial charge in [0.1, 0.15) is 5.69 Å². The van der Waals surface area contributed by atoms with Crippen molar-refractivity contribution < 1.29 is 22.8 Å². The van der Waals surface area contributed by atoms with Gasteiger partial charge in [-0.3, -0.25) is 19.9 Å². The maximum atomic E-state index is 13.0. The van der Waals surface area contributed by atoms with Gasteiger partial charge in [0, 0.05) is 24.3 Å². The number of hydrogen-bond acceptors (Lipinski definition) is 5. The fourth-order valence-corrected chi connectivity index (χ4v) is 2.99. The maximum Gasteiger partial charge on any atom is 0.417 e. The third-order valence-corrected chi connectivity index (χ3v) is 4.39. The molecule has 3 aromatic rings. The van der Waals surface area contributed by atoms with E-state index < -0.39 is 29.1 Å². The Labute approximate surface area is 161 Å². The van der Waals surface area contributed by atoms with Crippen LogP contribution in [0.15, 0.2) is 54.2 Å². The number of hydrogen-bond donors (Lipinski definition) is 2. The molecule has 0 radical (unpaired) electrons. The van der Waals surface area contributed by atoms with Gasteiger partial charge in [0.05, 0.1) is 11.1 Å². The average Bonchev–Trinajstić information content (AvgIpc) is 3.15. The fraction of sp³-hybridized carbons (Fsp3) is 0.111. The molecule has 28 heavy (non-hydrogen) atoms. The summed E-state index contributed by atoms with van der Waals surface area (Å²) in [6, 6.07) is 7.93. The van der Waals surface area contributed by atoms with Crippen molar-refractivity contribution in [1.82, 2.24) is 15.3 Å². The molecule has 0 atom stereocenters. The molecule has 0 saturated heterocycles. The molecule has 0 saturated carbocycles. The minimum Gasteiger partial charge on any atom is -0.347 e. The predicted octanol–water partition coefficient (Wildman–Crippen LogP) is 3.74. The Hall–Kier alpha value is -3.27. The standard InChI is InChI=1S/C18H13F3N4O2S/c19-18(20,21)13-4-2-1-3-12(13)15(26)25-17-24-14(10-28-17)16(27)23-9-11-5-7-22-8-6-11/h1-8,10H,9H2,(H,23,27)(H,24,25,26). The van der Waals surface area contributed by atoms with E-state index in [2.05, 4.69) is 20.6 Å². The van der Waals surface area contributed by atoms with Gasteiger partial charge < -0.3 is 5.32 Å². The van der Waals surface area contributed by atoms with Crippen LogP contribution in [0.2, 0.25) is 0 Å². The van der Waals surface area contributed by atoms with Crippen LogP contribution >= 0.6 is 11.3 Å². The highest BCUT2D eigenvalue weighted by atomic mass is 32.1. The number of carbonyl (C=O) groups excluding carboxylic acids is 2. The van der Waals surface area contributed by atoms with Crippen molar-refractivity contribution in [1.29, 1.82) is 0 Å². The highest BCUT2D eigenvalue weighted by molar-refractivity contribution is 7.14. The molecule has 1 aromatic carbocycles. The van der Waals surface area contributed by atoms with Crippen LogP contribution in [-0.2, 0) is 12.7 Å². The normalized spacial score (nSPS) is 11.1. The molecule has 0 spiro atoms. The molecule has 10 heteroatoms. The van der Waals surface area contributed by atoms with Crippen molar-refractivity contribution >= 4 is 28.3 Å². The number of amides is 2. The van der Waals surface area contributed by atoms with E-state index in [4.69, 9.17) is 0 Å². The summed E-state index contributed by atoms with van der Waals surface area (Å²) in [7, 11) is 0. The van der Waals surface area contributed by atoms with Gasteiger partial charge in [0.25, 0.3) is 11.8 Å². The van der Waals surface area contributed by atoms with Crippen molar-refractivity contribution in [3.8, 4) is 0 Å². The van der Waals surface area contributed by atoms with Gasteiger partial charge in [-0.15, -0.1) is 11.3 Å². The molecule has 0 unspecified atom stereocenters. The number of aromatic nitrogens is 2. The summed E-state index contributed by atoms with van der Waals surface area (Å²) in [6.45, 7) is 0.263. The Morgan fingerprint density at radius 2 is 1.75 bits per heavy atom. The minimum atomic E-state index is -4.66. The lowest BCUT2D eigenvalue weighted by Crippen LogP contribution is -2.23. The van der Waals surface area contributed by atoms with Gasteiger partial charge >= 0.3 is 6.18 Å². The van der Waals surface area contributed by atoms with Gasteiger partial charge in [-0.25, -0.2) is 4.98 Å². The Kier molecular flexibility index (Phi) is 5.69. The summed E-state index contributed by atoms with van der Waals surface area (Å²) in [5, 5.41) is 6.39. The van der Waals surface area contributed by atoms with Gasteiger partial charge in [0.15, 0.2) is 5.13 Å². The first-order chi connectivity index (χ1) is 13.3. The lowest BCUT2D eigenvalue weighted by Gasteiger charge is -2.11. The number of benzene rings is 1. The zero-order valence-electron chi connectivity index (χ0n) is 14.2. The van der Waals surface area contributed by atoms with E-state index in [9.17, 15) is 22.8 Å². The zero-order valence-corrected chi connectivity index (χ0v) is 15.0. The smallest absolute Gasteiger partial charge is 0.347 e. The van der Waals surface area contributed by atoms with Crippen molar-refractivity contribution in [3.05, 3.63) is 76.6 Å². The molecule has 3 rings (SSSR count). The van der Waals surface area contributed by atoms with Crippen molar-refractivity contribution in [3.63, 3.8) is 0 Å². The number of thiazole rings is 1. The maximum absolute atomic E-state index is 13.0. The third kappa shape index (κ3) is 4.71. The van der Waals surface area contributed by atoms with Crippen LogP contribution in [0, 0.1) is 0 Å². The van der Waals surface area contributed by atoms with Crippen LogP contribution in [-0.4, -0.2) is 21.8 Å². The Morgan fingerprint density at radius 3 is 2.46 bits per heavy atom. The monoisotopic (exact) mass is 406 g/mol. The molecular formula is C18H13F3N4O2S. The van der Waals surface area contributed by atoms with E-state index in [1.165, 1.54) is 17.5 Å². The lowest BCUT2D eigenvalue weighted by molar-refractivity contribution is -0.137. The minimum absolute atomic E-state index is 0.0241. The molecule has 2 N–H and O–H groups in total. The largest absolute Gasteiger partial charge is 0.417 e. The highest BCUT2D eigenvalue weighted by Crippen LogP contribution is 2.32. The number of alkyl halides is 3. The van der Waals surface area contributed by atoms with Crippen LogP contribution in [0.25, 0.3) is 0 Å². The number of carbonyl (C=O) groups is 2. The van der Waals surface area contributed by atoms with E-state index in [-0.39, 0.29) is 17.4 Å². The molecule has 0 bridgehead atoms. The lowest BCUT2D eigenvalue weighted by atomic mass is 10.1. The molecule has 6 nitrogen and oxygen atoms in total. The molecule has 0 aliphatic carbocycles. The van der Waals surface area contributed by atoms with Crippen molar-refractivity contribution in [2.24, 2.45) is 0 Å². The van der Waals surface area contributed by atoms with Gasteiger partial charge in [-0.2, -0.15) is 13.2 Å². The molecule has 2 amide bonds. The Morgan fingerprint density at radius 1 is 1.04 bits per heavy atom. The average molecular weight is 406 g/mol. The molecule has 0 aliphatic heterocycles. The molecule has 2 heterocycles. The summed E-state index contributed by atoms with van der Waals surface area (Å²) in [6.07, 6.45) is -1.47. The van der Waals surface area contributed by atoms with E-state index in [0.717, 1.165) is 29.0 Å². The van der Waals surface area contributed by atoms with Gasteiger partial charge in [0.2, 0.25) is 0 Å². The third-order valence-electron chi connectivity index (χ3n) is 3.64. The summed E-state index contributed by atoms with van der Waals surface area (Å²) in [5.41, 5.74) is -0.664. The van der Waals surface area contributed by atoms with Gasteiger partial charge in [-0.05, 0) is 29.8 Å². The summed E-state index contributed by atoms with van der Waals surface area (Å²) in [4.78, 5) is 32.2. The van der Waals surface area contributed by atoms with E-state index in [1.807, 2.05) is 0 Å². The second kappa shape index (κ2) is 8.17. The quantitative estimate of drug-likeness (QED) is 0.676. The summed E-state index contributed by atoms with van der Waals surface area (Å²) >= 11 is 0.941. The Bertz CT molecular complexity index is 990. The van der Waals surface area contributed by atoms with E-state index in [1.54, 1.807) is 24.5 Å². The molecule has 2 aromatic heterocycles. The Balaban J connectivity index is 1.66. The first-order valence-corrected chi connectivity index (χ1v) is 8.83. The molecule has 0 fully saturated rings. The fourth-order valence-electron chi connectivity index (χ4n) is 2.30. The van der Waals surface area contributed by atoms with E-state index >= 15 is 0 Å². The summed E-state index contributed by atoms with van der Waals surface area (Å²) < 4.78 is 39.1. The number of nitrogens with one attached hydrogen (secondary N) is 2. The van der Waals surface area contributed by atoms with Crippen LogP contribution in [0.4, 0.5) is 18.3 Å². The second-order valence-corrected chi connectivity index (χ2v) is 6.43. The number of anilines is 1. The number of rotatable bonds is 5. The summed E-state index contributed by atoms with van der Waals surface area (Å²) in [5.74, 6) is -1.42. The molecule has 144 valence electrons. The molecular weight excluding hydrogens is 393 g/mol. The van der Waals surface area contributed by atoms with Crippen LogP contribution < -0.4 is 10.6 Å². The topological polar surface area (TPSA) is 84.0 Å². The predicted molar refractivity (Wildman–Crippen MR) is 96.9 cm³/mol. The van der Waals surface area contributed by atoms with E-state index in [0.29, 0.717) is 0 Å². The number of pyridine rings is 1. The first kappa shape index (κ1) is 19.5. The number of nitrogens with zero attached hydrogens (tertiary/aromatic N) is 2. The first-order valence-electron chi connectivity index (χ1n) is 7.95.